The van der Waals surface area contributed by atoms with Gasteiger partial charge in [-0.2, -0.15) is 0 Å². The summed E-state index contributed by atoms with van der Waals surface area (Å²) < 4.78 is 10.3. The van der Waals surface area contributed by atoms with Crippen LogP contribution in [-0.4, -0.2) is 83.0 Å². The molecule has 0 unspecified atom stereocenters. The first kappa shape index (κ1) is 30.9. The van der Waals surface area contributed by atoms with E-state index in [9.17, 15) is 34.8 Å². The van der Waals surface area contributed by atoms with Crippen molar-refractivity contribution in [2.24, 2.45) is 0 Å². The van der Waals surface area contributed by atoms with Crippen molar-refractivity contribution in [1.29, 1.82) is 0 Å². The van der Waals surface area contributed by atoms with E-state index in [1.807, 2.05) is 30.3 Å². The predicted octanol–water partition coefficient (Wildman–Crippen LogP) is -4.44. The normalized spacial score (nSPS) is 24.7. The summed E-state index contributed by atoms with van der Waals surface area (Å²) in [6.07, 6.45) is -7.18. The van der Waals surface area contributed by atoms with Crippen molar-refractivity contribution in [2.45, 2.75) is 49.6 Å². The van der Waals surface area contributed by atoms with Gasteiger partial charge in [-0.05, 0) is 23.3 Å². The molecule has 0 spiro atoms. The minimum absolute atomic E-state index is 0. The fourth-order valence-corrected chi connectivity index (χ4v) is 4.09. The van der Waals surface area contributed by atoms with Crippen molar-refractivity contribution in [3.8, 4) is 11.1 Å². The molecule has 1 fully saturated rings. The molecule has 37 heavy (non-hydrogen) atoms. The van der Waals surface area contributed by atoms with Crippen molar-refractivity contribution in [2.75, 3.05) is 13.7 Å². The Hall–Kier alpha value is -2.35. The van der Waals surface area contributed by atoms with Gasteiger partial charge in [0.05, 0.1) is 18.2 Å². The fraction of sp³-hybridized carbons (Fsp3) is 0.400. The first-order valence-electron chi connectivity index (χ1n) is 11.3. The number of benzene rings is 2. The van der Waals surface area contributed by atoms with Gasteiger partial charge in [0, 0.05) is 32.6 Å². The van der Waals surface area contributed by atoms with Crippen molar-refractivity contribution in [3.63, 3.8) is 0 Å². The Balaban J connectivity index is 0.00000481. The van der Waals surface area contributed by atoms with Crippen LogP contribution in [0.1, 0.15) is 23.7 Å². The molecular formula is C25H29N2NaO9. The summed E-state index contributed by atoms with van der Waals surface area (Å²) in [6.45, 7) is 0.724. The first-order chi connectivity index (χ1) is 17.1. The molecule has 0 bridgehead atoms. The molecule has 2 aromatic carbocycles. The molecule has 0 radical (unpaired) electrons. The molecule has 6 atom stereocenters. The molecule has 1 aliphatic heterocycles. The van der Waals surface area contributed by atoms with E-state index in [2.05, 4.69) is 10.6 Å². The van der Waals surface area contributed by atoms with Crippen LogP contribution in [0, 0.1) is 0 Å². The third-order valence-corrected chi connectivity index (χ3v) is 6.04. The van der Waals surface area contributed by atoms with E-state index in [1.165, 1.54) is 0 Å². The maximum atomic E-state index is 12.6. The summed E-state index contributed by atoms with van der Waals surface area (Å²) in [5, 5.41) is 48.3. The average Bonchev–Trinajstić information content (AvgIpc) is 2.88. The molecule has 0 aromatic heterocycles. The summed E-state index contributed by atoms with van der Waals surface area (Å²) in [6, 6.07) is 15.1. The van der Waals surface area contributed by atoms with Crippen LogP contribution in [0.25, 0.3) is 11.1 Å². The summed E-state index contributed by atoms with van der Waals surface area (Å²) in [5.74, 6) is -5.32. The maximum Gasteiger partial charge on any atom is 1.00 e. The van der Waals surface area contributed by atoms with Crippen molar-refractivity contribution < 1.29 is 73.8 Å². The molecule has 12 heteroatoms. The van der Waals surface area contributed by atoms with Crippen LogP contribution in [0.2, 0.25) is 0 Å². The zero-order valence-electron chi connectivity index (χ0n) is 20.8. The molecule has 0 aliphatic carbocycles. The molecule has 2 aromatic rings. The Kier molecular flexibility index (Phi) is 11.2. The monoisotopic (exact) mass is 524 g/mol. The summed E-state index contributed by atoms with van der Waals surface area (Å²) in [4.78, 5) is 35.8. The van der Waals surface area contributed by atoms with Gasteiger partial charge in [0.1, 0.15) is 18.2 Å². The van der Waals surface area contributed by atoms with Gasteiger partial charge in [-0.15, -0.1) is 0 Å². The van der Waals surface area contributed by atoms with Gasteiger partial charge < -0.3 is 45.3 Å². The number of hydrogen-bond donors (Lipinski definition) is 5. The topological polar surface area (TPSA) is 177 Å². The molecule has 5 N–H and O–H groups in total. The van der Waals surface area contributed by atoms with E-state index >= 15 is 0 Å². The molecule has 3 rings (SSSR count). The van der Waals surface area contributed by atoms with Gasteiger partial charge in [0.2, 0.25) is 11.7 Å². The van der Waals surface area contributed by atoms with E-state index in [-0.39, 0.29) is 29.6 Å². The standard InChI is InChI=1S/C25H30N2O9.Na/c1-14(28)27-20-18(29)12-25(35-2,24(33)34)36-22(20)21(31)19(30)13-26-23(32)17-10-8-16(9-11-17)15-6-4-3-5-7-15;/h3-11,18-22,29-31H,12-13H2,1-2H3,(H,26,32)(H,27,28)(H,33,34);/q;+1/p-1/t18-,19+,20+,21+,22+,25+;/m0./s1. The van der Waals surface area contributed by atoms with E-state index in [0.29, 0.717) is 5.56 Å². The number of aliphatic hydroxyl groups excluding tert-OH is 3. The zero-order valence-corrected chi connectivity index (χ0v) is 22.8. The molecule has 1 saturated heterocycles. The molecule has 1 heterocycles. The number of carbonyl (C=O) groups excluding carboxylic acids is 3. The largest absolute Gasteiger partial charge is 1.00 e. The average molecular weight is 525 g/mol. The smallest absolute Gasteiger partial charge is 0.544 e. The SMILES string of the molecule is CO[C@]1(C(=O)[O-])C[C@H](O)[C@@H](NC(C)=O)[C@H]([C@H](O)[C@H](O)CNC(=O)c2ccc(-c3ccccc3)cc2)O1.[Na+]. The Morgan fingerprint density at radius 2 is 1.70 bits per heavy atom. The molecule has 0 saturated carbocycles. The number of carbonyl (C=O) groups is 3. The van der Waals surface area contributed by atoms with Gasteiger partial charge in [0.15, 0.2) is 0 Å². The van der Waals surface area contributed by atoms with Crippen molar-refractivity contribution in [1.82, 2.24) is 10.6 Å². The van der Waals surface area contributed by atoms with Crippen LogP contribution >= 0.6 is 0 Å². The summed E-state index contributed by atoms with van der Waals surface area (Å²) in [7, 11) is 1.02. The van der Waals surface area contributed by atoms with Crippen molar-refractivity contribution in [3.05, 3.63) is 60.2 Å². The summed E-state index contributed by atoms with van der Waals surface area (Å²) >= 11 is 0. The van der Waals surface area contributed by atoms with Gasteiger partial charge in [0.25, 0.3) is 5.91 Å². The maximum absolute atomic E-state index is 12.6. The predicted molar refractivity (Wildman–Crippen MR) is 124 cm³/mol. The van der Waals surface area contributed by atoms with Gasteiger partial charge in [-0.25, -0.2) is 0 Å². The van der Waals surface area contributed by atoms with Crippen LogP contribution in [0.5, 0.6) is 0 Å². The minimum Gasteiger partial charge on any atom is -0.544 e. The van der Waals surface area contributed by atoms with Crippen LogP contribution in [0.4, 0.5) is 0 Å². The number of ether oxygens (including phenoxy) is 2. The van der Waals surface area contributed by atoms with E-state index < -0.39 is 67.0 Å². The van der Waals surface area contributed by atoms with E-state index in [0.717, 1.165) is 25.2 Å². The first-order valence-corrected chi connectivity index (χ1v) is 11.3. The molecule has 2 amide bonds. The minimum atomic E-state index is -2.41. The number of amides is 2. The molecule has 194 valence electrons. The van der Waals surface area contributed by atoms with Gasteiger partial charge in [-0.1, -0.05) is 42.5 Å². The second kappa shape index (κ2) is 13.4. The second-order valence-electron chi connectivity index (χ2n) is 8.54. The molecular weight excluding hydrogens is 495 g/mol. The van der Waals surface area contributed by atoms with Crippen molar-refractivity contribution >= 4 is 17.8 Å². The third-order valence-electron chi connectivity index (χ3n) is 6.04. The number of nitrogens with one attached hydrogen (secondary N) is 2. The van der Waals surface area contributed by atoms with Crippen LogP contribution < -0.4 is 45.3 Å². The molecule has 1 aliphatic rings. The number of carboxylic acids is 1. The van der Waals surface area contributed by atoms with Gasteiger partial charge >= 0.3 is 29.6 Å². The van der Waals surface area contributed by atoms with E-state index in [1.54, 1.807) is 24.3 Å². The third kappa shape index (κ3) is 7.37. The number of aliphatic hydroxyl groups is 3. The Bertz CT molecular complexity index is 1070. The Morgan fingerprint density at radius 1 is 1.11 bits per heavy atom. The zero-order chi connectivity index (χ0) is 26.5. The summed E-state index contributed by atoms with van der Waals surface area (Å²) in [5.41, 5.74) is 2.21. The fourth-order valence-electron chi connectivity index (χ4n) is 4.09. The number of hydrogen-bond acceptors (Lipinski definition) is 9. The van der Waals surface area contributed by atoms with Crippen LogP contribution in [0.3, 0.4) is 0 Å². The Morgan fingerprint density at radius 3 is 2.24 bits per heavy atom. The Labute approximate surface area is 236 Å². The van der Waals surface area contributed by atoms with E-state index in [4.69, 9.17) is 9.47 Å². The van der Waals surface area contributed by atoms with Crippen LogP contribution in [0.15, 0.2) is 54.6 Å². The molecule has 11 nitrogen and oxygen atoms in total. The quantitative estimate of drug-likeness (QED) is 0.203. The number of carboxylic acid groups (broad SMARTS) is 1. The number of rotatable bonds is 9. The number of methoxy groups -OCH3 is 1. The van der Waals surface area contributed by atoms with Crippen LogP contribution in [-0.2, 0) is 19.1 Å². The van der Waals surface area contributed by atoms with Gasteiger partial charge in [-0.3, -0.25) is 9.59 Å². The second-order valence-corrected chi connectivity index (χ2v) is 8.54. The number of aliphatic carboxylic acids is 1.